The SMILES string of the molecule is CC(C)S(=O)C(C)(C)C.CC(C)SC(C)(C)C.CC(C)[S@@](=O)C(C)(C)C.CC(C)[S@](=O)C(C)(C)C. The Morgan fingerprint density at radius 1 is 0.429 bits per heavy atom. The van der Waals surface area contributed by atoms with Crippen LogP contribution in [-0.4, -0.2) is 52.6 Å². The highest BCUT2D eigenvalue weighted by Crippen LogP contribution is 2.27. The van der Waals surface area contributed by atoms with E-state index in [1.807, 2.05) is 116 Å². The molecule has 0 heterocycles. The Hall–Kier alpha value is 0.800. The maximum absolute atomic E-state index is 11.3. The first-order valence-electron chi connectivity index (χ1n) is 12.9. The van der Waals surface area contributed by atoms with E-state index in [4.69, 9.17) is 0 Å². The topological polar surface area (TPSA) is 51.2 Å². The van der Waals surface area contributed by atoms with Gasteiger partial charge in [0.25, 0.3) is 0 Å². The summed E-state index contributed by atoms with van der Waals surface area (Å²) in [5, 5.41) is 1.61. The molecule has 0 rings (SSSR count). The number of thioether (sulfide) groups is 1. The molecule has 3 nitrogen and oxygen atoms in total. The third-order valence-corrected chi connectivity index (χ3v) is 11.1. The van der Waals surface area contributed by atoms with E-state index >= 15 is 0 Å². The van der Waals surface area contributed by atoms with Gasteiger partial charge in [0.2, 0.25) is 0 Å². The minimum atomic E-state index is -0.689. The molecule has 0 aromatic carbocycles. The van der Waals surface area contributed by atoms with Crippen LogP contribution in [-0.2, 0) is 32.4 Å². The average Bonchev–Trinajstić information content (AvgIpc) is 2.56. The Labute approximate surface area is 234 Å². The monoisotopic (exact) mass is 576 g/mol. The van der Waals surface area contributed by atoms with Gasteiger partial charge in [-0.25, -0.2) is 0 Å². The fourth-order valence-corrected chi connectivity index (χ4v) is 8.49. The van der Waals surface area contributed by atoms with Crippen molar-refractivity contribution in [1.29, 1.82) is 0 Å². The first-order chi connectivity index (χ1) is 15.0. The standard InChI is InChI=1S/3C7H16OS.C7H16S/c3*1-6(2)9(8)7(3,4)5;1-6(2)8-7(3,4)5/h3*6H,1-5H3;6H,1-5H3/t2*9-;;/m10../s1. The van der Waals surface area contributed by atoms with Gasteiger partial charge in [0.05, 0.1) is 0 Å². The molecule has 0 saturated carbocycles. The second-order valence-corrected chi connectivity index (χ2v) is 24.3. The van der Waals surface area contributed by atoms with Gasteiger partial charge in [-0.3, -0.25) is 12.6 Å². The van der Waals surface area contributed by atoms with Crippen LogP contribution in [0.4, 0.5) is 0 Å². The second kappa shape index (κ2) is 18.2. The molecule has 0 N–H and O–H groups in total. The van der Waals surface area contributed by atoms with Gasteiger partial charge in [0.1, 0.15) is 0 Å². The maximum Gasteiger partial charge on any atom is 0.0377 e. The molecule has 0 aromatic heterocycles. The van der Waals surface area contributed by atoms with E-state index < -0.39 is 32.4 Å². The highest BCUT2D eigenvalue weighted by atomic mass is 32.2. The van der Waals surface area contributed by atoms with Crippen molar-refractivity contribution in [3.8, 4) is 0 Å². The molecule has 1 unspecified atom stereocenters. The highest BCUT2D eigenvalue weighted by molar-refractivity contribution is 8.01. The molecule has 0 spiro atoms. The summed E-state index contributed by atoms with van der Waals surface area (Å²) in [5.41, 5.74) is 0. The van der Waals surface area contributed by atoms with E-state index in [1.54, 1.807) is 0 Å². The summed E-state index contributed by atoms with van der Waals surface area (Å²) in [6.45, 7) is 41.2. The van der Waals surface area contributed by atoms with Gasteiger partial charge >= 0.3 is 0 Å². The molecule has 0 saturated heterocycles. The molecule has 218 valence electrons. The van der Waals surface area contributed by atoms with Crippen LogP contribution >= 0.6 is 11.8 Å². The van der Waals surface area contributed by atoms with E-state index in [2.05, 4.69) is 34.6 Å². The molecule has 0 aromatic rings. The minimum Gasteiger partial charge on any atom is -0.259 e. The molecule has 7 heteroatoms. The fraction of sp³-hybridized carbons (Fsp3) is 1.00. The molecule has 0 amide bonds. The zero-order valence-electron chi connectivity index (χ0n) is 27.2. The fourth-order valence-electron chi connectivity index (χ4n) is 2.83. The first kappa shape index (κ1) is 42.9. The van der Waals surface area contributed by atoms with Crippen molar-refractivity contribution in [2.24, 2.45) is 0 Å². The molecule has 0 radical (unpaired) electrons. The van der Waals surface area contributed by atoms with Gasteiger partial charge in [-0.1, -0.05) is 76.2 Å². The van der Waals surface area contributed by atoms with E-state index in [-0.39, 0.29) is 30.0 Å². The van der Waals surface area contributed by atoms with Crippen LogP contribution in [0.5, 0.6) is 0 Å². The van der Waals surface area contributed by atoms with Crippen LogP contribution in [0, 0.1) is 0 Å². The van der Waals surface area contributed by atoms with Crippen LogP contribution in [0.25, 0.3) is 0 Å². The van der Waals surface area contributed by atoms with E-state index in [9.17, 15) is 12.6 Å². The Morgan fingerprint density at radius 3 is 0.600 bits per heavy atom. The van der Waals surface area contributed by atoms with Gasteiger partial charge in [0, 0.05) is 67.1 Å². The quantitative estimate of drug-likeness (QED) is 0.336. The third-order valence-electron chi connectivity index (χ3n) is 3.68. The lowest BCUT2D eigenvalue weighted by atomic mass is 10.3. The Morgan fingerprint density at radius 2 is 0.600 bits per heavy atom. The van der Waals surface area contributed by atoms with Crippen molar-refractivity contribution in [3.05, 3.63) is 0 Å². The van der Waals surface area contributed by atoms with Crippen LogP contribution in [0.15, 0.2) is 0 Å². The lowest BCUT2D eigenvalue weighted by molar-refractivity contribution is 0.640. The van der Waals surface area contributed by atoms with E-state index in [1.165, 1.54) is 0 Å². The lowest BCUT2D eigenvalue weighted by Crippen LogP contribution is -2.27. The summed E-state index contributed by atoms with van der Waals surface area (Å²) in [5.74, 6) is 0. The molecule has 0 bridgehead atoms. The molecule has 0 fully saturated rings. The van der Waals surface area contributed by atoms with Crippen LogP contribution in [0.3, 0.4) is 0 Å². The minimum absolute atomic E-state index is 0.0475. The van der Waals surface area contributed by atoms with Crippen molar-refractivity contribution < 1.29 is 12.6 Å². The molecular weight excluding hydrogens is 513 g/mol. The summed E-state index contributed by atoms with van der Waals surface area (Å²) >= 11 is 2.01. The summed E-state index contributed by atoms with van der Waals surface area (Å²) < 4.78 is 34.1. The second-order valence-electron chi connectivity index (χ2n) is 13.7. The van der Waals surface area contributed by atoms with Crippen molar-refractivity contribution >= 4 is 44.2 Å². The zero-order chi connectivity index (χ0) is 29.7. The molecule has 0 aliphatic carbocycles. The van der Waals surface area contributed by atoms with Gasteiger partial charge in [-0.15, -0.1) is 0 Å². The van der Waals surface area contributed by atoms with Gasteiger partial charge in [-0.05, 0) is 67.6 Å². The smallest absolute Gasteiger partial charge is 0.0377 e. The van der Waals surface area contributed by atoms with Crippen molar-refractivity contribution in [1.82, 2.24) is 0 Å². The van der Waals surface area contributed by atoms with E-state index in [0.29, 0.717) is 4.75 Å². The zero-order valence-corrected chi connectivity index (χ0v) is 30.4. The third kappa shape index (κ3) is 29.2. The van der Waals surface area contributed by atoms with Crippen molar-refractivity contribution in [3.63, 3.8) is 0 Å². The highest BCUT2D eigenvalue weighted by Gasteiger charge is 2.22. The van der Waals surface area contributed by atoms with Crippen molar-refractivity contribution in [2.45, 2.75) is 178 Å². The predicted octanol–water partition coefficient (Wildman–Crippen LogP) is 8.75. The molecule has 0 aliphatic heterocycles. The van der Waals surface area contributed by atoms with Gasteiger partial charge in [-0.2, -0.15) is 11.8 Å². The Kier molecular flexibility index (Phi) is 22.2. The first-order valence-corrected chi connectivity index (χ1v) is 17.4. The summed E-state index contributed by atoms with van der Waals surface area (Å²) in [7, 11) is -2.07. The summed E-state index contributed by atoms with van der Waals surface area (Å²) in [6.07, 6.45) is 0. The van der Waals surface area contributed by atoms with Gasteiger partial charge < -0.3 is 0 Å². The number of hydrogen-bond acceptors (Lipinski definition) is 4. The summed E-state index contributed by atoms with van der Waals surface area (Å²) in [4.78, 5) is 0. The summed E-state index contributed by atoms with van der Waals surface area (Å²) in [6, 6.07) is 0. The molecule has 3 atom stereocenters. The molecule has 35 heavy (non-hydrogen) atoms. The van der Waals surface area contributed by atoms with E-state index in [0.717, 1.165) is 5.25 Å². The van der Waals surface area contributed by atoms with Crippen molar-refractivity contribution in [2.75, 3.05) is 0 Å². The Balaban J connectivity index is -0.000000183. The van der Waals surface area contributed by atoms with Crippen LogP contribution in [0.2, 0.25) is 0 Å². The largest absolute Gasteiger partial charge is 0.259 e. The molecule has 0 aliphatic rings. The normalized spacial score (nSPS) is 15.4. The van der Waals surface area contributed by atoms with Crippen LogP contribution < -0.4 is 0 Å². The van der Waals surface area contributed by atoms with Gasteiger partial charge in [0.15, 0.2) is 0 Å². The van der Waals surface area contributed by atoms with Crippen LogP contribution in [0.1, 0.15) is 138 Å². The number of hydrogen-bond donors (Lipinski definition) is 0. The number of rotatable bonds is 4. The average molecular weight is 577 g/mol. The maximum atomic E-state index is 11.3. The lowest BCUT2D eigenvalue weighted by Gasteiger charge is -2.20. The Bertz CT molecular complexity index is 539. The predicted molar refractivity (Wildman–Crippen MR) is 172 cm³/mol. The molecular formula is C28H64O3S4.